The van der Waals surface area contributed by atoms with Crippen molar-refractivity contribution in [1.82, 2.24) is 10.2 Å². The zero-order valence-electron chi connectivity index (χ0n) is 10.3. The van der Waals surface area contributed by atoms with Gasteiger partial charge in [-0.05, 0) is 20.3 Å². The van der Waals surface area contributed by atoms with Gasteiger partial charge in [-0.25, -0.2) is 4.79 Å². The van der Waals surface area contributed by atoms with Gasteiger partial charge in [-0.1, -0.05) is 0 Å². The number of hydrogen-bond acceptors (Lipinski definition) is 3. The molecule has 1 aliphatic heterocycles. The van der Waals surface area contributed by atoms with Crippen molar-refractivity contribution in [3.05, 3.63) is 0 Å². The molecular weight excluding hydrogens is 224 g/mol. The molecule has 0 radical (unpaired) electrons. The molecule has 17 heavy (non-hydrogen) atoms. The molecule has 0 aromatic heterocycles. The van der Waals surface area contributed by atoms with Gasteiger partial charge in [0.25, 0.3) is 0 Å². The van der Waals surface area contributed by atoms with Gasteiger partial charge in [0.1, 0.15) is 0 Å². The number of amides is 2. The number of carbonyl (C=O) groups excluding carboxylic acids is 1. The van der Waals surface area contributed by atoms with E-state index in [1.807, 2.05) is 13.8 Å². The van der Waals surface area contributed by atoms with Gasteiger partial charge in [0, 0.05) is 19.2 Å². The second-order valence-electron chi connectivity index (χ2n) is 4.44. The average molecular weight is 244 g/mol. The first-order valence-electron chi connectivity index (χ1n) is 5.87. The van der Waals surface area contributed by atoms with E-state index in [-0.39, 0.29) is 31.1 Å². The fourth-order valence-corrected chi connectivity index (χ4v) is 1.72. The second-order valence-corrected chi connectivity index (χ2v) is 4.44. The fourth-order valence-electron chi connectivity index (χ4n) is 1.72. The molecule has 0 aliphatic carbocycles. The van der Waals surface area contributed by atoms with Crippen molar-refractivity contribution in [2.45, 2.75) is 38.8 Å². The predicted molar refractivity (Wildman–Crippen MR) is 61.9 cm³/mol. The Morgan fingerprint density at radius 2 is 2.24 bits per heavy atom. The lowest BCUT2D eigenvalue weighted by molar-refractivity contribution is -0.137. The fraction of sp³-hybridized carbons (Fsp3) is 0.818. The average Bonchev–Trinajstić information content (AvgIpc) is 2.69. The number of nitrogens with one attached hydrogen (secondary N) is 1. The third-order valence-corrected chi connectivity index (χ3v) is 2.71. The Hall–Kier alpha value is -1.30. The lowest BCUT2D eigenvalue weighted by atomic mass is 10.2. The maximum absolute atomic E-state index is 11.9. The molecule has 0 spiro atoms. The summed E-state index contributed by atoms with van der Waals surface area (Å²) in [7, 11) is 0. The third-order valence-electron chi connectivity index (χ3n) is 2.71. The lowest BCUT2D eigenvalue weighted by Crippen LogP contribution is -2.48. The molecule has 98 valence electrons. The van der Waals surface area contributed by atoms with Gasteiger partial charge in [0.2, 0.25) is 0 Å². The smallest absolute Gasteiger partial charge is 0.317 e. The van der Waals surface area contributed by atoms with Crippen LogP contribution >= 0.6 is 0 Å². The summed E-state index contributed by atoms with van der Waals surface area (Å²) in [6, 6.07) is -0.179. The minimum atomic E-state index is -0.896. The monoisotopic (exact) mass is 244 g/mol. The molecule has 1 fully saturated rings. The standard InChI is InChI=1S/C11H20N2O4/c1-8(2)13(5-3-10(14)15)11(16)12-9-4-6-17-7-9/h8-9H,3-7H2,1-2H3,(H,12,16)(H,14,15). The van der Waals surface area contributed by atoms with Crippen LogP contribution in [0, 0.1) is 0 Å². The third kappa shape index (κ3) is 4.60. The molecule has 1 heterocycles. The first-order chi connectivity index (χ1) is 8.00. The van der Waals surface area contributed by atoms with Crippen molar-refractivity contribution in [2.75, 3.05) is 19.8 Å². The topological polar surface area (TPSA) is 78.9 Å². The van der Waals surface area contributed by atoms with Crippen molar-refractivity contribution in [2.24, 2.45) is 0 Å². The Kier molecular flexibility index (Phi) is 5.21. The SMILES string of the molecule is CC(C)N(CCC(=O)O)C(=O)NC1CCOC1. The molecule has 1 aliphatic rings. The summed E-state index contributed by atoms with van der Waals surface area (Å²) in [5.74, 6) is -0.896. The van der Waals surface area contributed by atoms with E-state index in [9.17, 15) is 9.59 Å². The number of nitrogens with zero attached hydrogens (tertiary/aromatic N) is 1. The van der Waals surface area contributed by atoms with Crippen molar-refractivity contribution in [1.29, 1.82) is 0 Å². The van der Waals surface area contributed by atoms with E-state index in [1.165, 1.54) is 4.90 Å². The van der Waals surface area contributed by atoms with E-state index in [2.05, 4.69) is 5.32 Å². The quantitative estimate of drug-likeness (QED) is 0.745. The Morgan fingerprint density at radius 1 is 1.53 bits per heavy atom. The number of carbonyl (C=O) groups is 2. The zero-order chi connectivity index (χ0) is 12.8. The number of aliphatic carboxylic acids is 1. The number of hydrogen-bond donors (Lipinski definition) is 2. The Bertz CT molecular complexity index is 275. The van der Waals surface area contributed by atoms with E-state index in [0.29, 0.717) is 13.2 Å². The van der Waals surface area contributed by atoms with Crippen molar-refractivity contribution in [3.63, 3.8) is 0 Å². The zero-order valence-corrected chi connectivity index (χ0v) is 10.3. The normalized spacial score (nSPS) is 19.4. The van der Waals surface area contributed by atoms with Gasteiger partial charge in [-0.3, -0.25) is 4.79 Å². The molecule has 1 atom stereocenters. The van der Waals surface area contributed by atoms with Crippen LogP contribution < -0.4 is 5.32 Å². The van der Waals surface area contributed by atoms with Gasteiger partial charge in [-0.2, -0.15) is 0 Å². The summed E-state index contributed by atoms with van der Waals surface area (Å²) < 4.78 is 5.17. The lowest BCUT2D eigenvalue weighted by Gasteiger charge is -2.27. The molecule has 0 aromatic rings. The highest BCUT2D eigenvalue weighted by Crippen LogP contribution is 2.06. The number of carboxylic acids is 1. The Labute approximate surface area is 101 Å². The summed E-state index contributed by atoms with van der Waals surface area (Å²) >= 11 is 0. The van der Waals surface area contributed by atoms with Gasteiger partial charge < -0.3 is 20.1 Å². The summed E-state index contributed by atoms with van der Waals surface area (Å²) in [4.78, 5) is 24.0. The van der Waals surface area contributed by atoms with Crippen molar-refractivity contribution < 1.29 is 19.4 Å². The molecule has 2 N–H and O–H groups in total. The minimum Gasteiger partial charge on any atom is -0.481 e. The molecule has 0 saturated carbocycles. The van der Waals surface area contributed by atoms with Gasteiger partial charge in [0.15, 0.2) is 0 Å². The second kappa shape index (κ2) is 6.44. The molecule has 0 aromatic carbocycles. The Balaban J connectivity index is 2.44. The molecule has 2 amide bonds. The van der Waals surface area contributed by atoms with E-state index < -0.39 is 5.97 Å². The molecular formula is C11H20N2O4. The molecule has 1 saturated heterocycles. The molecule has 1 rings (SSSR count). The summed E-state index contributed by atoms with van der Waals surface area (Å²) in [5.41, 5.74) is 0. The number of carboxylic acid groups (broad SMARTS) is 1. The van der Waals surface area contributed by atoms with Crippen LogP contribution in [-0.4, -0.2) is 53.8 Å². The largest absolute Gasteiger partial charge is 0.481 e. The highest BCUT2D eigenvalue weighted by atomic mass is 16.5. The van der Waals surface area contributed by atoms with E-state index >= 15 is 0 Å². The van der Waals surface area contributed by atoms with Crippen LogP contribution in [0.3, 0.4) is 0 Å². The van der Waals surface area contributed by atoms with Crippen LogP contribution in [0.4, 0.5) is 4.79 Å². The van der Waals surface area contributed by atoms with E-state index in [1.54, 1.807) is 0 Å². The van der Waals surface area contributed by atoms with E-state index in [0.717, 1.165) is 6.42 Å². The van der Waals surface area contributed by atoms with Crippen LogP contribution in [0.25, 0.3) is 0 Å². The maximum Gasteiger partial charge on any atom is 0.317 e. The van der Waals surface area contributed by atoms with Gasteiger partial charge >= 0.3 is 12.0 Å². The van der Waals surface area contributed by atoms with E-state index in [4.69, 9.17) is 9.84 Å². The van der Waals surface area contributed by atoms with Crippen molar-refractivity contribution >= 4 is 12.0 Å². The maximum atomic E-state index is 11.9. The first-order valence-corrected chi connectivity index (χ1v) is 5.87. The molecule has 1 unspecified atom stereocenters. The van der Waals surface area contributed by atoms with Crippen LogP contribution in [0.15, 0.2) is 0 Å². The summed E-state index contributed by atoms with van der Waals surface area (Å²) in [5, 5.41) is 11.5. The van der Waals surface area contributed by atoms with Crippen LogP contribution in [0.1, 0.15) is 26.7 Å². The highest BCUT2D eigenvalue weighted by Gasteiger charge is 2.23. The predicted octanol–water partition coefficient (Wildman–Crippen LogP) is 0.670. The number of ether oxygens (including phenoxy) is 1. The molecule has 6 nitrogen and oxygen atoms in total. The van der Waals surface area contributed by atoms with Crippen molar-refractivity contribution in [3.8, 4) is 0 Å². The number of rotatable bonds is 5. The Morgan fingerprint density at radius 3 is 2.71 bits per heavy atom. The summed E-state index contributed by atoms with van der Waals surface area (Å²) in [6.45, 7) is 5.17. The number of urea groups is 1. The molecule has 0 bridgehead atoms. The van der Waals surface area contributed by atoms with Gasteiger partial charge in [0.05, 0.1) is 19.1 Å². The minimum absolute atomic E-state index is 0.0170. The van der Waals surface area contributed by atoms with Gasteiger partial charge in [-0.15, -0.1) is 0 Å². The summed E-state index contributed by atoms with van der Waals surface area (Å²) in [6.07, 6.45) is 0.781. The first kappa shape index (κ1) is 13.8. The van der Waals surface area contributed by atoms with Crippen LogP contribution in [-0.2, 0) is 9.53 Å². The highest BCUT2D eigenvalue weighted by molar-refractivity contribution is 5.76. The molecule has 6 heteroatoms. The van der Waals surface area contributed by atoms with Crippen LogP contribution in [0.2, 0.25) is 0 Å². The van der Waals surface area contributed by atoms with Crippen LogP contribution in [0.5, 0.6) is 0 Å².